The first-order valence-corrected chi connectivity index (χ1v) is 4.53. The van der Waals surface area contributed by atoms with E-state index in [1.807, 2.05) is 0 Å². The molecule has 0 aromatic rings. The summed E-state index contributed by atoms with van der Waals surface area (Å²) in [5.41, 5.74) is 0. The van der Waals surface area contributed by atoms with E-state index in [4.69, 9.17) is 14.6 Å². The monoisotopic (exact) mass is 167 g/mol. The van der Waals surface area contributed by atoms with E-state index in [0.29, 0.717) is 13.2 Å². The summed E-state index contributed by atoms with van der Waals surface area (Å²) < 4.78 is 30.5. The molecule has 0 spiro atoms. The number of primary sulfonamides is 1. The van der Waals surface area contributed by atoms with Gasteiger partial charge in [0.15, 0.2) is 6.29 Å². The molecule has 0 unspecified atom stereocenters. The van der Waals surface area contributed by atoms with Gasteiger partial charge in [-0.15, -0.1) is 0 Å². The Kier molecular flexibility index (Phi) is 2.24. The lowest BCUT2D eigenvalue weighted by Gasteiger charge is -2.05. The summed E-state index contributed by atoms with van der Waals surface area (Å²) in [4.78, 5) is 0. The molecular formula is C4H9NO4S. The third-order valence-corrected chi connectivity index (χ3v) is 1.80. The summed E-state index contributed by atoms with van der Waals surface area (Å²) in [5, 5.41) is 4.73. The maximum absolute atomic E-state index is 10.4. The summed E-state index contributed by atoms with van der Waals surface area (Å²) in [6.07, 6.45) is -0.657. The zero-order valence-corrected chi connectivity index (χ0v) is 6.13. The Bertz CT molecular complexity index is 193. The maximum Gasteiger partial charge on any atom is 0.214 e. The third-order valence-electron chi connectivity index (χ3n) is 1.06. The Balaban J connectivity index is 2.38. The van der Waals surface area contributed by atoms with Gasteiger partial charge < -0.3 is 9.47 Å². The summed E-state index contributed by atoms with van der Waals surface area (Å²) in [7, 11) is -3.46. The SMILES string of the molecule is NS(=O)(=O)CC1OCCO1. The van der Waals surface area contributed by atoms with Gasteiger partial charge in [0.1, 0.15) is 5.75 Å². The Hall–Kier alpha value is -0.170. The molecule has 1 aliphatic rings. The van der Waals surface area contributed by atoms with Gasteiger partial charge >= 0.3 is 0 Å². The highest BCUT2D eigenvalue weighted by atomic mass is 32.2. The fraction of sp³-hybridized carbons (Fsp3) is 1.00. The fourth-order valence-electron chi connectivity index (χ4n) is 0.693. The third kappa shape index (κ3) is 2.61. The van der Waals surface area contributed by atoms with Crippen molar-refractivity contribution in [3.05, 3.63) is 0 Å². The summed E-state index contributed by atoms with van der Waals surface area (Å²) in [6.45, 7) is 0.889. The van der Waals surface area contributed by atoms with Crippen molar-refractivity contribution >= 4 is 10.0 Å². The first-order valence-electron chi connectivity index (χ1n) is 2.81. The second-order valence-electron chi connectivity index (χ2n) is 2.00. The second-order valence-corrected chi connectivity index (χ2v) is 3.66. The van der Waals surface area contributed by atoms with Crippen LogP contribution in [0.2, 0.25) is 0 Å². The highest BCUT2D eigenvalue weighted by Crippen LogP contribution is 2.04. The largest absolute Gasteiger partial charge is 0.349 e. The van der Waals surface area contributed by atoms with Gasteiger partial charge in [-0.1, -0.05) is 0 Å². The van der Waals surface area contributed by atoms with Crippen molar-refractivity contribution in [2.75, 3.05) is 19.0 Å². The van der Waals surface area contributed by atoms with Crippen LogP contribution in [0.1, 0.15) is 0 Å². The Morgan fingerprint density at radius 1 is 1.40 bits per heavy atom. The number of sulfonamides is 1. The molecule has 0 saturated carbocycles. The summed E-state index contributed by atoms with van der Waals surface area (Å²) in [6, 6.07) is 0. The first kappa shape index (κ1) is 7.93. The lowest BCUT2D eigenvalue weighted by atomic mass is 10.8. The first-order chi connectivity index (χ1) is 4.58. The maximum atomic E-state index is 10.4. The van der Waals surface area contributed by atoms with Crippen LogP contribution < -0.4 is 5.14 Å². The van der Waals surface area contributed by atoms with Gasteiger partial charge in [-0.25, -0.2) is 13.6 Å². The van der Waals surface area contributed by atoms with Crippen LogP contribution in [0.5, 0.6) is 0 Å². The van der Waals surface area contributed by atoms with Gasteiger partial charge in [-0.3, -0.25) is 0 Å². The minimum Gasteiger partial charge on any atom is -0.349 e. The molecule has 0 radical (unpaired) electrons. The van der Waals surface area contributed by atoms with Crippen molar-refractivity contribution in [3.63, 3.8) is 0 Å². The predicted molar refractivity (Wildman–Crippen MR) is 33.7 cm³/mol. The Morgan fingerprint density at radius 2 is 1.90 bits per heavy atom. The van der Waals surface area contributed by atoms with E-state index in [9.17, 15) is 8.42 Å². The van der Waals surface area contributed by atoms with Crippen LogP contribution in [-0.2, 0) is 19.5 Å². The molecule has 0 amide bonds. The number of rotatable bonds is 2. The van der Waals surface area contributed by atoms with Crippen LogP contribution >= 0.6 is 0 Å². The van der Waals surface area contributed by atoms with Gasteiger partial charge in [-0.05, 0) is 0 Å². The zero-order valence-electron chi connectivity index (χ0n) is 5.32. The molecule has 1 rings (SSSR count). The molecular weight excluding hydrogens is 158 g/mol. The van der Waals surface area contributed by atoms with Gasteiger partial charge in [0.05, 0.1) is 13.2 Å². The molecule has 6 heteroatoms. The van der Waals surface area contributed by atoms with Crippen molar-refractivity contribution in [3.8, 4) is 0 Å². The second kappa shape index (κ2) is 2.83. The normalized spacial score (nSPS) is 21.7. The summed E-state index contributed by atoms with van der Waals surface area (Å²) >= 11 is 0. The molecule has 1 aliphatic heterocycles. The van der Waals surface area contributed by atoms with Crippen molar-refractivity contribution in [1.29, 1.82) is 0 Å². The van der Waals surface area contributed by atoms with E-state index in [1.165, 1.54) is 0 Å². The molecule has 0 aromatic carbocycles. The van der Waals surface area contributed by atoms with E-state index < -0.39 is 16.3 Å². The number of hydrogen-bond acceptors (Lipinski definition) is 4. The minimum atomic E-state index is -3.46. The number of hydrogen-bond donors (Lipinski definition) is 1. The average molecular weight is 167 g/mol. The molecule has 2 N–H and O–H groups in total. The van der Waals surface area contributed by atoms with Crippen LogP contribution in [0.15, 0.2) is 0 Å². The van der Waals surface area contributed by atoms with E-state index in [-0.39, 0.29) is 5.75 Å². The highest BCUT2D eigenvalue weighted by Gasteiger charge is 2.20. The molecule has 0 aromatic heterocycles. The van der Waals surface area contributed by atoms with E-state index in [0.717, 1.165) is 0 Å². The van der Waals surface area contributed by atoms with Crippen molar-refractivity contribution in [2.24, 2.45) is 5.14 Å². The van der Waals surface area contributed by atoms with Crippen LogP contribution in [-0.4, -0.2) is 33.7 Å². The molecule has 1 heterocycles. The van der Waals surface area contributed by atoms with E-state index in [1.54, 1.807) is 0 Å². The standard InChI is InChI=1S/C4H9NO4S/c5-10(6,7)3-4-8-1-2-9-4/h4H,1-3H2,(H2,5,6,7). The van der Waals surface area contributed by atoms with E-state index >= 15 is 0 Å². The lowest BCUT2D eigenvalue weighted by molar-refractivity contribution is -0.0226. The van der Waals surface area contributed by atoms with Gasteiger partial charge in [0, 0.05) is 0 Å². The van der Waals surface area contributed by atoms with Gasteiger partial charge in [0.2, 0.25) is 10.0 Å². The molecule has 5 nitrogen and oxygen atoms in total. The predicted octanol–water partition coefficient (Wildman–Crippen LogP) is -1.35. The molecule has 10 heavy (non-hydrogen) atoms. The molecule has 0 bridgehead atoms. The van der Waals surface area contributed by atoms with Crippen LogP contribution in [0.25, 0.3) is 0 Å². The Labute approximate surface area is 59.2 Å². The highest BCUT2D eigenvalue weighted by molar-refractivity contribution is 7.89. The van der Waals surface area contributed by atoms with Crippen molar-refractivity contribution in [1.82, 2.24) is 0 Å². The topological polar surface area (TPSA) is 78.6 Å². The lowest BCUT2D eigenvalue weighted by Crippen LogP contribution is -2.27. The van der Waals surface area contributed by atoms with Gasteiger partial charge in [0.25, 0.3) is 0 Å². The van der Waals surface area contributed by atoms with Crippen molar-refractivity contribution < 1.29 is 17.9 Å². The van der Waals surface area contributed by atoms with Crippen molar-refractivity contribution in [2.45, 2.75) is 6.29 Å². The minimum absolute atomic E-state index is 0.257. The fourth-order valence-corrected chi connectivity index (χ4v) is 1.26. The molecule has 1 saturated heterocycles. The molecule has 0 aliphatic carbocycles. The number of nitrogens with two attached hydrogens (primary N) is 1. The molecule has 60 valence electrons. The van der Waals surface area contributed by atoms with Gasteiger partial charge in [-0.2, -0.15) is 0 Å². The van der Waals surface area contributed by atoms with E-state index in [2.05, 4.69) is 0 Å². The zero-order chi connectivity index (χ0) is 7.61. The quantitative estimate of drug-likeness (QED) is 0.551. The molecule has 1 fully saturated rings. The van der Waals surface area contributed by atoms with Crippen LogP contribution in [0.3, 0.4) is 0 Å². The average Bonchev–Trinajstić information content (AvgIpc) is 2.12. The summed E-state index contributed by atoms with van der Waals surface area (Å²) in [5.74, 6) is -0.257. The Morgan fingerprint density at radius 3 is 2.30 bits per heavy atom. The van der Waals surface area contributed by atoms with Crippen LogP contribution in [0, 0.1) is 0 Å². The smallest absolute Gasteiger partial charge is 0.214 e. The number of ether oxygens (including phenoxy) is 2. The molecule has 0 atom stereocenters. The van der Waals surface area contributed by atoms with Crippen LogP contribution in [0.4, 0.5) is 0 Å².